The number of halogens is 1. The fourth-order valence-electron chi connectivity index (χ4n) is 1.63. The van der Waals surface area contributed by atoms with E-state index in [9.17, 15) is 9.18 Å². The lowest BCUT2D eigenvalue weighted by Gasteiger charge is -2.07. The van der Waals surface area contributed by atoms with E-state index in [1.807, 2.05) is 6.92 Å². The predicted molar refractivity (Wildman–Crippen MR) is 76.5 cm³/mol. The van der Waals surface area contributed by atoms with Crippen LogP contribution in [-0.2, 0) is 0 Å². The van der Waals surface area contributed by atoms with E-state index < -0.39 is 0 Å². The molecule has 20 heavy (non-hydrogen) atoms. The van der Waals surface area contributed by atoms with Crippen molar-refractivity contribution in [3.63, 3.8) is 0 Å². The third-order valence-corrected chi connectivity index (χ3v) is 2.66. The van der Waals surface area contributed by atoms with Gasteiger partial charge in [0.25, 0.3) is 5.91 Å². The Morgan fingerprint density at radius 3 is 2.45 bits per heavy atom. The number of carbonyl (C=O) groups excluding carboxylic acids is 1. The standard InChI is InChI=1S/C15H16FN3O/c1-2-9-17-15(20)14-8-7-13(10-18-14)19-12-5-3-11(16)4-6-12/h3-8,10,19H,2,9H2,1H3,(H,17,20). The molecule has 0 aliphatic carbocycles. The Kier molecular flexibility index (Phi) is 4.65. The van der Waals surface area contributed by atoms with Crippen molar-refractivity contribution in [1.29, 1.82) is 0 Å². The van der Waals surface area contributed by atoms with Crippen LogP contribution in [0.2, 0.25) is 0 Å². The van der Waals surface area contributed by atoms with Crippen LogP contribution >= 0.6 is 0 Å². The number of aromatic nitrogens is 1. The Morgan fingerprint density at radius 1 is 1.15 bits per heavy atom. The highest BCUT2D eigenvalue weighted by atomic mass is 19.1. The first-order valence-corrected chi connectivity index (χ1v) is 6.46. The maximum Gasteiger partial charge on any atom is 0.269 e. The largest absolute Gasteiger partial charge is 0.354 e. The maximum absolute atomic E-state index is 12.8. The van der Waals surface area contributed by atoms with Crippen LogP contribution in [0, 0.1) is 5.82 Å². The molecule has 0 unspecified atom stereocenters. The van der Waals surface area contributed by atoms with Gasteiger partial charge in [0.15, 0.2) is 0 Å². The van der Waals surface area contributed by atoms with Gasteiger partial charge >= 0.3 is 0 Å². The van der Waals surface area contributed by atoms with E-state index in [0.29, 0.717) is 12.2 Å². The molecule has 0 fully saturated rings. The fraction of sp³-hybridized carbons (Fsp3) is 0.200. The van der Waals surface area contributed by atoms with Gasteiger partial charge in [0.05, 0.1) is 11.9 Å². The molecule has 0 aliphatic rings. The number of amides is 1. The number of benzene rings is 1. The van der Waals surface area contributed by atoms with Crippen molar-refractivity contribution < 1.29 is 9.18 Å². The van der Waals surface area contributed by atoms with E-state index >= 15 is 0 Å². The second-order valence-electron chi connectivity index (χ2n) is 4.32. The second-order valence-corrected chi connectivity index (χ2v) is 4.32. The van der Waals surface area contributed by atoms with Crippen molar-refractivity contribution in [3.05, 3.63) is 54.1 Å². The summed E-state index contributed by atoms with van der Waals surface area (Å²) in [6.45, 7) is 2.62. The zero-order valence-electron chi connectivity index (χ0n) is 11.2. The summed E-state index contributed by atoms with van der Waals surface area (Å²) in [7, 11) is 0. The molecule has 1 heterocycles. The van der Waals surface area contributed by atoms with Crippen LogP contribution in [0.4, 0.5) is 15.8 Å². The number of anilines is 2. The van der Waals surface area contributed by atoms with Crippen molar-refractivity contribution in [2.45, 2.75) is 13.3 Å². The summed E-state index contributed by atoms with van der Waals surface area (Å²) in [6.07, 6.45) is 2.46. The summed E-state index contributed by atoms with van der Waals surface area (Å²) in [4.78, 5) is 15.8. The lowest BCUT2D eigenvalue weighted by Crippen LogP contribution is -2.24. The van der Waals surface area contributed by atoms with Crippen molar-refractivity contribution in [1.82, 2.24) is 10.3 Å². The van der Waals surface area contributed by atoms with Crippen LogP contribution in [0.3, 0.4) is 0 Å². The first-order chi connectivity index (χ1) is 9.69. The fourth-order valence-corrected chi connectivity index (χ4v) is 1.63. The molecule has 1 amide bonds. The van der Waals surface area contributed by atoms with Gasteiger partial charge in [-0.25, -0.2) is 9.37 Å². The van der Waals surface area contributed by atoms with Gasteiger partial charge in [-0.1, -0.05) is 6.92 Å². The molecule has 0 aliphatic heterocycles. The van der Waals surface area contributed by atoms with Crippen molar-refractivity contribution in [2.75, 3.05) is 11.9 Å². The first-order valence-electron chi connectivity index (χ1n) is 6.46. The van der Waals surface area contributed by atoms with Gasteiger partial charge < -0.3 is 10.6 Å². The lowest BCUT2D eigenvalue weighted by molar-refractivity contribution is 0.0949. The highest BCUT2D eigenvalue weighted by molar-refractivity contribution is 5.92. The molecule has 0 saturated heterocycles. The number of rotatable bonds is 5. The molecule has 2 rings (SSSR count). The molecule has 5 heteroatoms. The SMILES string of the molecule is CCCNC(=O)c1ccc(Nc2ccc(F)cc2)cn1. The van der Waals surface area contributed by atoms with Gasteiger partial charge in [0, 0.05) is 12.2 Å². The van der Waals surface area contributed by atoms with Crippen LogP contribution in [0.25, 0.3) is 0 Å². The topological polar surface area (TPSA) is 54.0 Å². The van der Waals surface area contributed by atoms with E-state index in [4.69, 9.17) is 0 Å². The van der Waals surface area contributed by atoms with Crippen molar-refractivity contribution >= 4 is 17.3 Å². The van der Waals surface area contributed by atoms with Gasteiger partial charge in [-0.2, -0.15) is 0 Å². The average Bonchev–Trinajstić information content (AvgIpc) is 2.48. The Labute approximate surface area is 117 Å². The minimum atomic E-state index is -0.281. The average molecular weight is 273 g/mol. The summed E-state index contributed by atoms with van der Waals surface area (Å²) in [5, 5.41) is 5.84. The molecule has 104 valence electrons. The molecule has 0 saturated carbocycles. The molecular weight excluding hydrogens is 257 g/mol. The van der Waals surface area contributed by atoms with Gasteiger partial charge in [0.2, 0.25) is 0 Å². The summed E-state index contributed by atoms with van der Waals surface area (Å²) >= 11 is 0. The van der Waals surface area contributed by atoms with Crippen LogP contribution in [0.15, 0.2) is 42.6 Å². The lowest BCUT2D eigenvalue weighted by atomic mass is 10.2. The molecule has 1 aromatic carbocycles. The van der Waals surface area contributed by atoms with E-state index in [2.05, 4.69) is 15.6 Å². The third-order valence-electron chi connectivity index (χ3n) is 2.66. The number of nitrogens with one attached hydrogen (secondary N) is 2. The Bertz CT molecular complexity index is 567. The highest BCUT2D eigenvalue weighted by Crippen LogP contribution is 2.16. The maximum atomic E-state index is 12.8. The quantitative estimate of drug-likeness (QED) is 0.880. The number of carbonyl (C=O) groups is 1. The number of hydrogen-bond acceptors (Lipinski definition) is 3. The third kappa shape index (κ3) is 3.78. The van der Waals surface area contributed by atoms with Crippen LogP contribution in [0.5, 0.6) is 0 Å². The van der Waals surface area contributed by atoms with Crippen LogP contribution in [-0.4, -0.2) is 17.4 Å². The van der Waals surface area contributed by atoms with E-state index in [0.717, 1.165) is 17.8 Å². The van der Waals surface area contributed by atoms with E-state index in [-0.39, 0.29) is 11.7 Å². The monoisotopic (exact) mass is 273 g/mol. The second kappa shape index (κ2) is 6.65. The molecule has 2 aromatic rings. The van der Waals surface area contributed by atoms with Gasteiger partial charge in [-0.3, -0.25) is 4.79 Å². The Morgan fingerprint density at radius 2 is 1.85 bits per heavy atom. The van der Waals surface area contributed by atoms with E-state index in [1.54, 1.807) is 30.5 Å². The number of nitrogens with zero attached hydrogens (tertiary/aromatic N) is 1. The molecule has 0 atom stereocenters. The van der Waals surface area contributed by atoms with Crippen molar-refractivity contribution in [2.24, 2.45) is 0 Å². The minimum absolute atomic E-state index is 0.180. The summed E-state index contributed by atoms with van der Waals surface area (Å²) in [5.74, 6) is -0.461. The molecule has 0 radical (unpaired) electrons. The normalized spacial score (nSPS) is 10.1. The first kappa shape index (κ1) is 14.0. The van der Waals surface area contributed by atoms with Gasteiger partial charge in [0.1, 0.15) is 11.5 Å². The van der Waals surface area contributed by atoms with Crippen LogP contribution in [0.1, 0.15) is 23.8 Å². The zero-order valence-corrected chi connectivity index (χ0v) is 11.2. The Hall–Kier alpha value is -2.43. The van der Waals surface area contributed by atoms with E-state index in [1.165, 1.54) is 12.1 Å². The summed E-state index contributed by atoms with van der Waals surface area (Å²) < 4.78 is 12.8. The molecule has 1 aromatic heterocycles. The molecular formula is C15H16FN3O. The number of pyridine rings is 1. The number of hydrogen-bond donors (Lipinski definition) is 2. The molecule has 2 N–H and O–H groups in total. The van der Waals surface area contributed by atoms with Gasteiger partial charge in [-0.15, -0.1) is 0 Å². The van der Waals surface area contributed by atoms with Gasteiger partial charge in [-0.05, 0) is 42.8 Å². The smallest absolute Gasteiger partial charge is 0.269 e. The molecule has 4 nitrogen and oxygen atoms in total. The Balaban J connectivity index is 2.01. The summed E-state index contributed by atoms with van der Waals surface area (Å²) in [5.41, 5.74) is 1.88. The molecule has 0 spiro atoms. The summed E-state index contributed by atoms with van der Waals surface area (Å²) in [6, 6.07) is 9.44. The predicted octanol–water partition coefficient (Wildman–Crippen LogP) is 3.10. The van der Waals surface area contributed by atoms with Crippen LogP contribution < -0.4 is 10.6 Å². The highest BCUT2D eigenvalue weighted by Gasteiger charge is 2.05. The minimum Gasteiger partial charge on any atom is -0.354 e. The molecule has 0 bridgehead atoms. The van der Waals surface area contributed by atoms with Crippen molar-refractivity contribution in [3.8, 4) is 0 Å². The zero-order chi connectivity index (χ0) is 14.4.